The van der Waals surface area contributed by atoms with Crippen LogP contribution in [-0.4, -0.2) is 20.6 Å². The standard InChI is InChI=1S/C21H14FN3O2S/c22-16-7-5-14(6-8-16)12-25-20(26)19(28-21(25)27)11-15-13-24(10-9-23)18-4-2-1-3-17(15)18/h1-8,11,13H,10,12H2. The van der Waals surface area contributed by atoms with Gasteiger partial charge in [0, 0.05) is 22.7 Å². The molecule has 1 aliphatic heterocycles. The van der Waals surface area contributed by atoms with Crippen molar-refractivity contribution < 1.29 is 14.0 Å². The summed E-state index contributed by atoms with van der Waals surface area (Å²) in [5.74, 6) is -0.747. The maximum absolute atomic E-state index is 13.1. The molecule has 1 saturated heterocycles. The number of hydrogen-bond acceptors (Lipinski definition) is 4. The minimum atomic E-state index is -0.378. The molecule has 3 aromatic rings. The van der Waals surface area contributed by atoms with Gasteiger partial charge in [0.25, 0.3) is 11.1 Å². The largest absolute Gasteiger partial charge is 0.333 e. The lowest BCUT2D eigenvalue weighted by Gasteiger charge is -2.12. The fourth-order valence-electron chi connectivity index (χ4n) is 3.15. The average molecular weight is 391 g/mol. The molecule has 5 nitrogen and oxygen atoms in total. The number of fused-ring (bicyclic) bond motifs is 1. The molecule has 1 fully saturated rings. The summed E-state index contributed by atoms with van der Waals surface area (Å²) >= 11 is 0.880. The second-order valence-electron chi connectivity index (χ2n) is 6.28. The molecule has 0 N–H and O–H groups in total. The first-order valence-corrected chi connectivity index (χ1v) is 9.33. The number of carbonyl (C=O) groups is 2. The van der Waals surface area contributed by atoms with Crippen molar-refractivity contribution in [1.29, 1.82) is 5.26 Å². The van der Waals surface area contributed by atoms with Gasteiger partial charge in [-0.3, -0.25) is 14.5 Å². The number of halogens is 1. The van der Waals surface area contributed by atoms with Crippen LogP contribution in [0, 0.1) is 17.1 Å². The molecule has 1 aliphatic rings. The Labute approximate surface area is 164 Å². The lowest BCUT2D eigenvalue weighted by molar-refractivity contribution is -0.123. The number of thioether (sulfide) groups is 1. The molecule has 0 radical (unpaired) electrons. The van der Waals surface area contributed by atoms with Crippen molar-refractivity contribution >= 4 is 39.9 Å². The van der Waals surface area contributed by atoms with E-state index in [1.807, 2.05) is 35.0 Å². The molecule has 4 rings (SSSR count). The number of imide groups is 1. The Morgan fingerprint density at radius 2 is 1.86 bits per heavy atom. The molecular weight excluding hydrogens is 377 g/mol. The van der Waals surface area contributed by atoms with Crippen LogP contribution in [-0.2, 0) is 17.9 Å². The van der Waals surface area contributed by atoms with Gasteiger partial charge in [0.1, 0.15) is 12.4 Å². The zero-order valence-electron chi connectivity index (χ0n) is 14.6. The first-order chi connectivity index (χ1) is 13.6. The predicted octanol–water partition coefficient (Wildman–Crippen LogP) is 4.54. The molecule has 2 aromatic carbocycles. The summed E-state index contributed by atoms with van der Waals surface area (Å²) in [5, 5.41) is 9.57. The van der Waals surface area contributed by atoms with E-state index in [1.54, 1.807) is 18.2 Å². The predicted molar refractivity (Wildman–Crippen MR) is 105 cm³/mol. The summed E-state index contributed by atoms with van der Waals surface area (Å²) in [4.78, 5) is 26.6. The summed E-state index contributed by atoms with van der Waals surface area (Å²) in [6.45, 7) is 0.291. The van der Waals surface area contributed by atoms with E-state index < -0.39 is 0 Å². The molecule has 2 amide bonds. The Morgan fingerprint density at radius 1 is 1.11 bits per heavy atom. The highest BCUT2D eigenvalue weighted by molar-refractivity contribution is 8.18. The van der Waals surface area contributed by atoms with E-state index in [0.717, 1.165) is 33.1 Å². The summed E-state index contributed by atoms with van der Waals surface area (Å²) in [6.07, 6.45) is 3.49. The average Bonchev–Trinajstić information content (AvgIpc) is 3.17. The van der Waals surface area contributed by atoms with Crippen LogP contribution < -0.4 is 0 Å². The summed E-state index contributed by atoms with van der Waals surface area (Å²) < 4.78 is 14.9. The molecule has 0 spiro atoms. The lowest BCUT2D eigenvalue weighted by Crippen LogP contribution is -2.27. The molecular formula is C21H14FN3O2S. The van der Waals surface area contributed by atoms with Crippen molar-refractivity contribution in [3.8, 4) is 6.07 Å². The van der Waals surface area contributed by atoms with E-state index in [4.69, 9.17) is 5.26 Å². The van der Waals surface area contributed by atoms with E-state index in [-0.39, 0.29) is 30.1 Å². The van der Waals surface area contributed by atoms with E-state index in [0.29, 0.717) is 10.5 Å². The van der Waals surface area contributed by atoms with Gasteiger partial charge in [-0.25, -0.2) is 4.39 Å². The molecule has 0 bridgehead atoms. The number of amides is 2. The second-order valence-corrected chi connectivity index (χ2v) is 7.28. The van der Waals surface area contributed by atoms with Crippen LogP contribution in [0.25, 0.3) is 17.0 Å². The normalized spacial score (nSPS) is 15.6. The van der Waals surface area contributed by atoms with Gasteiger partial charge in [0.2, 0.25) is 0 Å². The fraction of sp³-hybridized carbons (Fsp3) is 0.0952. The SMILES string of the molecule is N#CCn1cc(C=C2SC(=O)N(Cc3ccc(F)cc3)C2=O)c2ccccc21. The van der Waals surface area contributed by atoms with Crippen molar-refractivity contribution in [2.75, 3.05) is 0 Å². The van der Waals surface area contributed by atoms with Crippen LogP contribution in [0.3, 0.4) is 0 Å². The Morgan fingerprint density at radius 3 is 2.61 bits per heavy atom. The van der Waals surface area contributed by atoms with Gasteiger partial charge in [-0.2, -0.15) is 5.26 Å². The highest BCUT2D eigenvalue weighted by atomic mass is 32.2. The third kappa shape index (κ3) is 3.30. The zero-order valence-corrected chi connectivity index (χ0v) is 15.4. The number of benzene rings is 2. The van der Waals surface area contributed by atoms with Crippen molar-refractivity contribution in [1.82, 2.24) is 9.47 Å². The van der Waals surface area contributed by atoms with Crippen LogP contribution in [0.15, 0.2) is 59.6 Å². The number of rotatable bonds is 4. The number of carbonyl (C=O) groups excluding carboxylic acids is 2. The highest BCUT2D eigenvalue weighted by Crippen LogP contribution is 2.35. The van der Waals surface area contributed by atoms with Crippen molar-refractivity contribution in [3.63, 3.8) is 0 Å². The lowest BCUT2D eigenvalue weighted by atomic mass is 10.1. The van der Waals surface area contributed by atoms with Gasteiger partial charge in [-0.1, -0.05) is 30.3 Å². The molecule has 7 heteroatoms. The number of aromatic nitrogens is 1. The van der Waals surface area contributed by atoms with E-state index in [9.17, 15) is 14.0 Å². The first-order valence-electron chi connectivity index (χ1n) is 8.51. The van der Waals surface area contributed by atoms with Crippen LogP contribution in [0.2, 0.25) is 0 Å². The third-order valence-electron chi connectivity index (χ3n) is 4.47. The van der Waals surface area contributed by atoms with Gasteiger partial charge in [0.15, 0.2) is 0 Å². The van der Waals surface area contributed by atoms with Crippen LogP contribution in [0.4, 0.5) is 9.18 Å². The Bertz CT molecular complexity index is 1160. The minimum absolute atomic E-state index is 0.0957. The molecule has 1 aromatic heterocycles. The Hall–Kier alpha value is -3.37. The van der Waals surface area contributed by atoms with Crippen LogP contribution in [0.5, 0.6) is 0 Å². The van der Waals surface area contributed by atoms with Crippen molar-refractivity contribution in [2.24, 2.45) is 0 Å². The number of hydrogen-bond donors (Lipinski definition) is 0. The molecule has 0 aliphatic carbocycles. The maximum Gasteiger partial charge on any atom is 0.293 e. The van der Waals surface area contributed by atoms with Crippen LogP contribution in [0.1, 0.15) is 11.1 Å². The van der Waals surface area contributed by atoms with Gasteiger partial charge in [-0.15, -0.1) is 0 Å². The number of para-hydroxylation sites is 1. The van der Waals surface area contributed by atoms with Gasteiger partial charge in [-0.05, 0) is 41.6 Å². The summed E-state index contributed by atoms with van der Waals surface area (Å²) in [7, 11) is 0. The van der Waals surface area contributed by atoms with Crippen molar-refractivity contribution in [3.05, 3.63) is 76.6 Å². The third-order valence-corrected chi connectivity index (χ3v) is 5.38. The summed E-state index contributed by atoms with van der Waals surface area (Å²) in [5.41, 5.74) is 2.34. The van der Waals surface area contributed by atoms with E-state index in [1.165, 1.54) is 12.1 Å². The Kier molecular flexibility index (Phi) is 4.72. The molecule has 0 atom stereocenters. The maximum atomic E-state index is 13.1. The molecule has 0 unspecified atom stereocenters. The quantitative estimate of drug-likeness (QED) is 0.613. The van der Waals surface area contributed by atoms with Gasteiger partial charge in [0.05, 0.1) is 17.5 Å². The Balaban J connectivity index is 1.65. The topological polar surface area (TPSA) is 66.1 Å². The monoisotopic (exact) mass is 391 g/mol. The first kappa shape index (κ1) is 18.0. The zero-order chi connectivity index (χ0) is 19.7. The smallest absolute Gasteiger partial charge is 0.293 e. The van der Waals surface area contributed by atoms with E-state index >= 15 is 0 Å². The number of nitrogens with zero attached hydrogens (tertiary/aromatic N) is 3. The minimum Gasteiger partial charge on any atom is -0.333 e. The van der Waals surface area contributed by atoms with Gasteiger partial charge < -0.3 is 4.57 Å². The number of nitriles is 1. The van der Waals surface area contributed by atoms with Crippen LogP contribution >= 0.6 is 11.8 Å². The molecule has 28 heavy (non-hydrogen) atoms. The molecule has 0 saturated carbocycles. The molecule has 138 valence electrons. The fourth-order valence-corrected chi connectivity index (χ4v) is 3.98. The summed E-state index contributed by atoms with van der Waals surface area (Å²) in [6, 6.07) is 15.4. The van der Waals surface area contributed by atoms with E-state index in [2.05, 4.69) is 6.07 Å². The highest BCUT2D eigenvalue weighted by Gasteiger charge is 2.35. The van der Waals surface area contributed by atoms with Gasteiger partial charge >= 0.3 is 0 Å². The second kappa shape index (κ2) is 7.33. The molecule has 2 heterocycles. The van der Waals surface area contributed by atoms with Crippen molar-refractivity contribution in [2.45, 2.75) is 13.1 Å².